The van der Waals surface area contributed by atoms with Gasteiger partial charge in [0.05, 0.1) is 12.7 Å². The topological polar surface area (TPSA) is 28.2 Å². The van der Waals surface area contributed by atoms with Crippen LogP contribution in [0.4, 0.5) is 13.2 Å². The first kappa shape index (κ1) is 15.2. The maximum absolute atomic E-state index is 12.7. The minimum absolute atomic E-state index is 0.126. The second-order valence-corrected chi connectivity index (χ2v) is 7.11. The Morgan fingerprint density at radius 2 is 2.05 bits per heavy atom. The first-order chi connectivity index (χ1) is 10.00. The number of piperazine rings is 1. The van der Waals surface area contributed by atoms with Crippen molar-refractivity contribution in [2.24, 2.45) is 0 Å². The van der Waals surface area contributed by atoms with Crippen LogP contribution in [0, 0.1) is 0 Å². The van der Waals surface area contributed by atoms with Gasteiger partial charge in [0, 0.05) is 25.2 Å². The van der Waals surface area contributed by atoms with Crippen LogP contribution in [0.1, 0.15) is 42.0 Å². The number of alkyl halides is 3. The second kappa shape index (κ2) is 5.85. The molecule has 2 aliphatic rings. The summed E-state index contributed by atoms with van der Waals surface area (Å²) in [4.78, 5) is 5.76. The van der Waals surface area contributed by atoms with Crippen LogP contribution in [0.2, 0.25) is 0 Å². The Balaban J connectivity index is 1.74. The van der Waals surface area contributed by atoms with Crippen molar-refractivity contribution in [2.75, 3.05) is 19.6 Å². The van der Waals surface area contributed by atoms with Gasteiger partial charge in [-0.15, -0.1) is 11.3 Å². The van der Waals surface area contributed by atoms with E-state index in [0.717, 1.165) is 50.0 Å². The Morgan fingerprint density at radius 1 is 1.29 bits per heavy atom. The molecular weight excluding hydrogens is 299 g/mol. The highest BCUT2D eigenvalue weighted by Gasteiger charge is 2.40. The molecule has 7 heteroatoms. The predicted molar refractivity (Wildman–Crippen MR) is 76.2 cm³/mol. The molecule has 118 valence electrons. The molecule has 0 bridgehead atoms. The van der Waals surface area contributed by atoms with Crippen molar-refractivity contribution in [3.05, 3.63) is 16.1 Å². The lowest BCUT2D eigenvalue weighted by atomic mass is 9.79. The molecule has 21 heavy (non-hydrogen) atoms. The van der Waals surface area contributed by atoms with Gasteiger partial charge in [0.1, 0.15) is 9.88 Å². The first-order valence-corrected chi connectivity index (χ1v) is 8.29. The SMILES string of the molecule is FC(F)(F)c1cnc(CN2CCNCC23CCCCC3)s1. The highest BCUT2D eigenvalue weighted by Crippen LogP contribution is 2.37. The molecule has 0 unspecified atom stereocenters. The van der Waals surface area contributed by atoms with Gasteiger partial charge >= 0.3 is 6.18 Å². The molecule has 2 fully saturated rings. The van der Waals surface area contributed by atoms with E-state index < -0.39 is 11.1 Å². The van der Waals surface area contributed by atoms with Gasteiger partial charge in [0.25, 0.3) is 0 Å². The van der Waals surface area contributed by atoms with E-state index in [1.54, 1.807) is 0 Å². The van der Waals surface area contributed by atoms with E-state index in [4.69, 9.17) is 0 Å². The van der Waals surface area contributed by atoms with Crippen molar-refractivity contribution >= 4 is 11.3 Å². The minimum atomic E-state index is -4.28. The molecule has 1 saturated heterocycles. The molecule has 1 aromatic heterocycles. The van der Waals surface area contributed by atoms with E-state index in [9.17, 15) is 13.2 Å². The summed E-state index contributed by atoms with van der Waals surface area (Å²) < 4.78 is 38.0. The molecule has 0 aromatic carbocycles. The van der Waals surface area contributed by atoms with Crippen molar-refractivity contribution in [3.8, 4) is 0 Å². The first-order valence-electron chi connectivity index (χ1n) is 7.47. The van der Waals surface area contributed by atoms with Crippen LogP contribution in [-0.2, 0) is 12.7 Å². The fraction of sp³-hybridized carbons (Fsp3) is 0.786. The number of halogens is 3. The van der Waals surface area contributed by atoms with Gasteiger partial charge in [0.15, 0.2) is 0 Å². The molecular formula is C14H20F3N3S. The number of nitrogens with one attached hydrogen (secondary N) is 1. The monoisotopic (exact) mass is 319 g/mol. The van der Waals surface area contributed by atoms with Gasteiger partial charge in [-0.1, -0.05) is 19.3 Å². The van der Waals surface area contributed by atoms with E-state index in [1.165, 1.54) is 19.3 Å². The average molecular weight is 319 g/mol. The van der Waals surface area contributed by atoms with Crippen LogP contribution in [0.3, 0.4) is 0 Å². The van der Waals surface area contributed by atoms with Crippen molar-refractivity contribution in [1.29, 1.82) is 0 Å². The van der Waals surface area contributed by atoms with Crippen LogP contribution in [-0.4, -0.2) is 35.1 Å². The van der Waals surface area contributed by atoms with Crippen LogP contribution >= 0.6 is 11.3 Å². The lowest BCUT2D eigenvalue weighted by molar-refractivity contribution is -0.134. The largest absolute Gasteiger partial charge is 0.427 e. The number of aromatic nitrogens is 1. The third-order valence-electron chi connectivity index (χ3n) is 4.63. The lowest BCUT2D eigenvalue weighted by Crippen LogP contribution is -2.61. The highest BCUT2D eigenvalue weighted by atomic mass is 32.1. The third-order valence-corrected chi connectivity index (χ3v) is 5.65. The molecule has 1 spiro atoms. The Kier molecular flexibility index (Phi) is 4.25. The molecule has 1 aliphatic carbocycles. The Bertz CT molecular complexity index is 472. The van der Waals surface area contributed by atoms with Crippen LogP contribution in [0.25, 0.3) is 0 Å². The fourth-order valence-electron chi connectivity index (χ4n) is 3.51. The van der Waals surface area contributed by atoms with E-state index >= 15 is 0 Å². The van der Waals surface area contributed by atoms with E-state index in [0.29, 0.717) is 11.6 Å². The predicted octanol–water partition coefficient (Wildman–Crippen LogP) is 3.27. The zero-order chi connectivity index (χ0) is 14.9. The number of hydrogen-bond acceptors (Lipinski definition) is 4. The molecule has 1 N–H and O–H groups in total. The summed E-state index contributed by atoms with van der Waals surface area (Å²) in [5.41, 5.74) is 0.126. The van der Waals surface area contributed by atoms with Gasteiger partial charge < -0.3 is 5.32 Å². The number of thiazole rings is 1. The van der Waals surface area contributed by atoms with Crippen LogP contribution < -0.4 is 5.32 Å². The van der Waals surface area contributed by atoms with Crippen molar-refractivity contribution in [2.45, 2.75) is 50.4 Å². The van der Waals surface area contributed by atoms with Crippen LogP contribution in [0.5, 0.6) is 0 Å². The van der Waals surface area contributed by atoms with Crippen molar-refractivity contribution in [1.82, 2.24) is 15.2 Å². The fourth-order valence-corrected chi connectivity index (χ4v) is 4.31. The van der Waals surface area contributed by atoms with E-state index in [2.05, 4.69) is 15.2 Å². The standard InChI is InChI=1S/C14H20F3N3S/c15-14(16,17)11-8-19-12(21-11)9-20-7-6-18-10-13(20)4-2-1-3-5-13/h8,18H,1-7,9-10H2. The van der Waals surface area contributed by atoms with Crippen molar-refractivity contribution in [3.63, 3.8) is 0 Å². The van der Waals surface area contributed by atoms with Gasteiger partial charge in [-0.05, 0) is 12.8 Å². The molecule has 0 amide bonds. The molecule has 1 aromatic rings. The zero-order valence-corrected chi connectivity index (χ0v) is 12.7. The van der Waals surface area contributed by atoms with Gasteiger partial charge in [-0.3, -0.25) is 4.90 Å². The normalized spacial score (nSPS) is 23.6. The molecule has 3 nitrogen and oxygen atoms in total. The summed E-state index contributed by atoms with van der Waals surface area (Å²) >= 11 is 0.783. The molecule has 1 aliphatic heterocycles. The smallest absolute Gasteiger partial charge is 0.314 e. The summed E-state index contributed by atoms with van der Waals surface area (Å²) in [7, 11) is 0. The molecule has 0 radical (unpaired) electrons. The summed E-state index contributed by atoms with van der Waals surface area (Å²) in [6, 6.07) is 0. The van der Waals surface area contributed by atoms with Gasteiger partial charge in [0.2, 0.25) is 0 Å². The minimum Gasteiger partial charge on any atom is -0.314 e. The molecule has 2 heterocycles. The quantitative estimate of drug-likeness (QED) is 0.907. The average Bonchev–Trinajstić information content (AvgIpc) is 2.91. The molecule has 1 saturated carbocycles. The maximum Gasteiger partial charge on any atom is 0.427 e. The summed E-state index contributed by atoms with van der Waals surface area (Å²) in [6.07, 6.45) is 2.66. The summed E-state index contributed by atoms with van der Waals surface area (Å²) in [6.45, 7) is 3.28. The Hall–Kier alpha value is -0.660. The second-order valence-electron chi connectivity index (χ2n) is 6.00. The highest BCUT2D eigenvalue weighted by molar-refractivity contribution is 7.11. The van der Waals surface area contributed by atoms with E-state index in [1.807, 2.05) is 0 Å². The lowest BCUT2D eigenvalue weighted by Gasteiger charge is -2.49. The maximum atomic E-state index is 12.7. The Labute approximate surface area is 126 Å². The number of hydrogen-bond donors (Lipinski definition) is 1. The zero-order valence-electron chi connectivity index (χ0n) is 11.9. The van der Waals surface area contributed by atoms with E-state index in [-0.39, 0.29) is 5.54 Å². The van der Waals surface area contributed by atoms with Crippen LogP contribution in [0.15, 0.2) is 6.20 Å². The molecule has 0 atom stereocenters. The summed E-state index contributed by atoms with van der Waals surface area (Å²) in [5.74, 6) is 0. The van der Waals surface area contributed by atoms with Gasteiger partial charge in [-0.25, -0.2) is 4.98 Å². The number of nitrogens with zero attached hydrogens (tertiary/aromatic N) is 2. The Morgan fingerprint density at radius 3 is 2.71 bits per heavy atom. The van der Waals surface area contributed by atoms with Crippen molar-refractivity contribution < 1.29 is 13.2 Å². The third kappa shape index (κ3) is 3.24. The van der Waals surface area contributed by atoms with Gasteiger partial charge in [-0.2, -0.15) is 13.2 Å². The summed E-state index contributed by atoms with van der Waals surface area (Å²) in [5, 5.41) is 4.03. The molecule has 3 rings (SSSR count). The number of rotatable bonds is 2.